The van der Waals surface area contributed by atoms with Gasteiger partial charge in [0.1, 0.15) is 12.4 Å². The van der Waals surface area contributed by atoms with Crippen molar-refractivity contribution in [1.82, 2.24) is 0 Å². The summed E-state index contributed by atoms with van der Waals surface area (Å²) in [6.07, 6.45) is 3.12. The van der Waals surface area contributed by atoms with E-state index in [-0.39, 0.29) is 0 Å². The first kappa shape index (κ1) is 14.5. The zero-order valence-electron chi connectivity index (χ0n) is 10.5. The molecule has 0 N–H and O–H groups in total. The van der Waals surface area contributed by atoms with Crippen LogP contribution in [0, 0.1) is 11.3 Å². The molecule has 100 valence electrons. The highest BCUT2D eigenvalue weighted by atomic mass is 35.5. The zero-order valence-corrected chi connectivity index (χ0v) is 12.0. The lowest BCUT2D eigenvalue weighted by molar-refractivity contribution is 0.305. The van der Waals surface area contributed by atoms with Crippen LogP contribution in [0.15, 0.2) is 48.5 Å². The summed E-state index contributed by atoms with van der Waals surface area (Å²) in [5.74, 6) is 0.699. The SMILES string of the molecule is N#C/C=C/c1ccccc1OCc1ccc(Cl)cc1Cl. The molecule has 0 aliphatic rings. The van der Waals surface area contributed by atoms with Crippen LogP contribution < -0.4 is 4.74 Å². The lowest BCUT2D eigenvalue weighted by Gasteiger charge is -2.10. The van der Waals surface area contributed by atoms with Gasteiger partial charge in [-0.05, 0) is 24.3 Å². The molecule has 0 aliphatic carbocycles. The molecule has 0 fully saturated rings. The van der Waals surface area contributed by atoms with Crippen LogP contribution in [0.5, 0.6) is 5.75 Å². The molecule has 0 aliphatic heterocycles. The summed E-state index contributed by atoms with van der Waals surface area (Å²) in [5, 5.41) is 9.75. The van der Waals surface area contributed by atoms with E-state index in [0.29, 0.717) is 22.4 Å². The molecule has 0 saturated carbocycles. The van der Waals surface area contributed by atoms with Gasteiger partial charge >= 0.3 is 0 Å². The molecule has 4 heteroatoms. The molecule has 0 bridgehead atoms. The quantitative estimate of drug-likeness (QED) is 0.735. The van der Waals surface area contributed by atoms with Crippen molar-refractivity contribution in [3.05, 3.63) is 69.7 Å². The van der Waals surface area contributed by atoms with Gasteiger partial charge in [0.05, 0.1) is 6.07 Å². The van der Waals surface area contributed by atoms with Crippen LogP contribution in [0.2, 0.25) is 10.0 Å². The Morgan fingerprint density at radius 2 is 1.95 bits per heavy atom. The van der Waals surface area contributed by atoms with E-state index in [2.05, 4.69) is 0 Å². The van der Waals surface area contributed by atoms with Gasteiger partial charge in [-0.25, -0.2) is 0 Å². The van der Waals surface area contributed by atoms with Gasteiger partial charge in [0.25, 0.3) is 0 Å². The van der Waals surface area contributed by atoms with E-state index in [1.54, 1.807) is 18.2 Å². The first-order valence-electron chi connectivity index (χ1n) is 5.92. The van der Waals surface area contributed by atoms with Crippen LogP contribution in [-0.4, -0.2) is 0 Å². The molecule has 0 spiro atoms. The molecule has 2 nitrogen and oxygen atoms in total. The molecule has 2 aromatic rings. The van der Waals surface area contributed by atoms with Crippen LogP contribution >= 0.6 is 23.2 Å². The number of para-hydroxylation sites is 1. The maximum absolute atomic E-state index is 8.58. The number of nitriles is 1. The summed E-state index contributed by atoms with van der Waals surface area (Å²) < 4.78 is 5.75. The first-order valence-corrected chi connectivity index (χ1v) is 6.68. The highest BCUT2D eigenvalue weighted by Gasteiger charge is 2.04. The highest BCUT2D eigenvalue weighted by molar-refractivity contribution is 6.35. The Labute approximate surface area is 127 Å². The monoisotopic (exact) mass is 303 g/mol. The summed E-state index contributed by atoms with van der Waals surface area (Å²) >= 11 is 11.9. The number of benzene rings is 2. The predicted octanol–water partition coefficient (Wildman–Crippen LogP) is 5.11. The summed E-state index contributed by atoms with van der Waals surface area (Å²) in [6, 6.07) is 14.7. The molecule has 0 aromatic heterocycles. The fourth-order valence-electron chi connectivity index (χ4n) is 1.67. The van der Waals surface area contributed by atoms with Gasteiger partial charge in [0.2, 0.25) is 0 Å². The Kier molecular flexibility index (Phi) is 5.06. The Morgan fingerprint density at radius 3 is 2.70 bits per heavy atom. The van der Waals surface area contributed by atoms with Gasteiger partial charge in [-0.2, -0.15) is 5.26 Å². The van der Waals surface area contributed by atoms with Crippen molar-refractivity contribution < 1.29 is 4.74 Å². The Hall–Kier alpha value is -1.95. The Morgan fingerprint density at radius 1 is 1.15 bits per heavy atom. The molecule has 20 heavy (non-hydrogen) atoms. The maximum Gasteiger partial charge on any atom is 0.127 e. The van der Waals surface area contributed by atoms with Gasteiger partial charge in [-0.15, -0.1) is 0 Å². The summed E-state index contributed by atoms with van der Waals surface area (Å²) in [6.45, 7) is 0.341. The molecular formula is C16H11Cl2NO. The van der Waals surface area contributed by atoms with E-state index < -0.39 is 0 Å². The summed E-state index contributed by atoms with van der Waals surface area (Å²) in [4.78, 5) is 0. The number of allylic oxidation sites excluding steroid dienone is 1. The van der Waals surface area contributed by atoms with E-state index in [1.807, 2.05) is 36.4 Å². The van der Waals surface area contributed by atoms with Crippen molar-refractivity contribution in [2.75, 3.05) is 0 Å². The van der Waals surface area contributed by atoms with Gasteiger partial charge in [0.15, 0.2) is 0 Å². The van der Waals surface area contributed by atoms with Crippen LogP contribution in [0.1, 0.15) is 11.1 Å². The summed E-state index contributed by atoms with van der Waals surface area (Å²) in [5.41, 5.74) is 1.70. The summed E-state index contributed by atoms with van der Waals surface area (Å²) in [7, 11) is 0. The molecule has 0 saturated heterocycles. The topological polar surface area (TPSA) is 33.0 Å². The van der Waals surface area contributed by atoms with Crippen molar-refractivity contribution in [3.63, 3.8) is 0 Å². The van der Waals surface area contributed by atoms with Crippen LogP contribution in [0.3, 0.4) is 0 Å². The normalized spacial score (nSPS) is 10.4. The van der Waals surface area contributed by atoms with Crippen molar-refractivity contribution in [3.8, 4) is 11.8 Å². The second kappa shape index (κ2) is 7.00. The lowest BCUT2D eigenvalue weighted by Crippen LogP contribution is -1.97. The second-order valence-electron chi connectivity index (χ2n) is 4.02. The lowest BCUT2D eigenvalue weighted by atomic mass is 10.2. The average molecular weight is 304 g/mol. The average Bonchev–Trinajstić information content (AvgIpc) is 2.45. The zero-order chi connectivity index (χ0) is 14.4. The smallest absolute Gasteiger partial charge is 0.127 e. The van der Waals surface area contributed by atoms with Crippen molar-refractivity contribution in [1.29, 1.82) is 5.26 Å². The number of halogens is 2. The van der Waals surface area contributed by atoms with Crippen molar-refractivity contribution >= 4 is 29.3 Å². The molecule has 0 amide bonds. The first-order chi connectivity index (χ1) is 9.70. The van der Waals surface area contributed by atoms with Crippen LogP contribution in [-0.2, 0) is 6.61 Å². The van der Waals surface area contributed by atoms with Gasteiger partial charge in [-0.1, -0.05) is 47.5 Å². The van der Waals surface area contributed by atoms with E-state index in [9.17, 15) is 0 Å². The fraction of sp³-hybridized carbons (Fsp3) is 0.0625. The van der Waals surface area contributed by atoms with E-state index in [1.165, 1.54) is 6.08 Å². The molecular weight excluding hydrogens is 293 g/mol. The molecule has 2 rings (SSSR count). The minimum atomic E-state index is 0.341. The molecule has 0 heterocycles. The van der Waals surface area contributed by atoms with Crippen molar-refractivity contribution in [2.24, 2.45) is 0 Å². The van der Waals surface area contributed by atoms with E-state index >= 15 is 0 Å². The number of hydrogen-bond acceptors (Lipinski definition) is 2. The van der Waals surface area contributed by atoms with Crippen molar-refractivity contribution in [2.45, 2.75) is 6.61 Å². The van der Waals surface area contributed by atoms with E-state index in [4.69, 9.17) is 33.2 Å². The minimum absolute atomic E-state index is 0.341. The highest BCUT2D eigenvalue weighted by Crippen LogP contribution is 2.24. The van der Waals surface area contributed by atoms with Crippen LogP contribution in [0.4, 0.5) is 0 Å². The Balaban J connectivity index is 2.15. The minimum Gasteiger partial charge on any atom is -0.488 e. The third kappa shape index (κ3) is 3.77. The molecule has 0 unspecified atom stereocenters. The fourth-order valence-corrected chi connectivity index (χ4v) is 2.13. The van der Waals surface area contributed by atoms with Gasteiger partial charge < -0.3 is 4.74 Å². The predicted molar refractivity (Wildman–Crippen MR) is 81.9 cm³/mol. The third-order valence-corrected chi connectivity index (χ3v) is 3.24. The third-order valence-electron chi connectivity index (χ3n) is 2.65. The van der Waals surface area contributed by atoms with Gasteiger partial charge in [0, 0.05) is 27.2 Å². The number of ether oxygens (including phenoxy) is 1. The maximum atomic E-state index is 8.58. The van der Waals surface area contributed by atoms with E-state index in [0.717, 1.165) is 11.1 Å². The Bertz CT molecular complexity index is 674. The largest absolute Gasteiger partial charge is 0.488 e. The second-order valence-corrected chi connectivity index (χ2v) is 4.87. The molecule has 0 atom stereocenters. The molecule has 2 aromatic carbocycles. The molecule has 0 radical (unpaired) electrons. The number of hydrogen-bond donors (Lipinski definition) is 0. The number of rotatable bonds is 4. The van der Waals surface area contributed by atoms with Crippen LogP contribution in [0.25, 0.3) is 6.08 Å². The number of nitrogens with zero attached hydrogens (tertiary/aromatic N) is 1. The standard InChI is InChI=1S/C16H11Cl2NO/c17-14-8-7-13(15(18)10-14)11-20-16-6-2-1-4-12(16)5-3-9-19/h1-8,10H,11H2/b5-3+. The van der Waals surface area contributed by atoms with Gasteiger partial charge in [-0.3, -0.25) is 0 Å².